The summed E-state index contributed by atoms with van der Waals surface area (Å²) in [5, 5.41) is 7.53. The van der Waals surface area contributed by atoms with Gasteiger partial charge in [0.25, 0.3) is 0 Å². The van der Waals surface area contributed by atoms with E-state index in [0.29, 0.717) is 5.41 Å². The molecular weight excluding hydrogens is 282 g/mol. The summed E-state index contributed by atoms with van der Waals surface area (Å²) in [6, 6.07) is 5.98. The van der Waals surface area contributed by atoms with Crippen molar-refractivity contribution in [3.8, 4) is 0 Å². The maximum atomic E-state index is 12.4. The van der Waals surface area contributed by atoms with E-state index in [4.69, 9.17) is 0 Å². The Bertz CT molecular complexity index is 703. The third-order valence-corrected chi connectivity index (χ3v) is 5.80. The number of anilines is 1. The van der Waals surface area contributed by atoms with Crippen LogP contribution in [0.25, 0.3) is 10.2 Å². The van der Waals surface area contributed by atoms with E-state index < -0.39 is 0 Å². The van der Waals surface area contributed by atoms with Crippen LogP contribution in [0.15, 0.2) is 18.2 Å². The first-order valence-corrected chi connectivity index (χ1v) is 8.37. The fraction of sp³-hybridized carbons (Fsp3) is 0.500. The summed E-state index contributed by atoms with van der Waals surface area (Å²) in [7, 11) is 0. The molecule has 0 bridgehead atoms. The number of nitrogens with one attached hydrogen (secondary N) is 2. The predicted molar refractivity (Wildman–Crippen MR) is 85.6 cm³/mol. The van der Waals surface area contributed by atoms with Gasteiger partial charge in [0.1, 0.15) is 0 Å². The van der Waals surface area contributed by atoms with Crippen LogP contribution in [-0.4, -0.2) is 24.0 Å². The lowest BCUT2D eigenvalue weighted by Gasteiger charge is -2.23. The van der Waals surface area contributed by atoms with Crippen LogP contribution in [0.1, 0.15) is 24.3 Å². The van der Waals surface area contributed by atoms with Crippen molar-refractivity contribution in [1.29, 1.82) is 0 Å². The third kappa shape index (κ3) is 2.34. The van der Waals surface area contributed by atoms with Crippen molar-refractivity contribution in [3.05, 3.63) is 23.2 Å². The highest BCUT2D eigenvalue weighted by molar-refractivity contribution is 7.18. The Balaban J connectivity index is 1.48. The number of fused-ring (bicyclic) bond motifs is 1. The number of amides is 1. The highest BCUT2D eigenvalue weighted by Crippen LogP contribution is 2.58. The summed E-state index contributed by atoms with van der Waals surface area (Å²) in [6.45, 7) is 4.11. The van der Waals surface area contributed by atoms with Crippen LogP contribution >= 0.6 is 11.3 Å². The van der Waals surface area contributed by atoms with Crippen molar-refractivity contribution in [2.75, 3.05) is 18.4 Å². The quantitative estimate of drug-likeness (QED) is 0.896. The Morgan fingerprint density at radius 1 is 1.43 bits per heavy atom. The molecular formula is C16H19N3OS. The topological polar surface area (TPSA) is 54.0 Å². The molecule has 0 radical (unpaired) electrons. The molecule has 1 amide bonds. The molecule has 1 saturated heterocycles. The fourth-order valence-corrected chi connectivity index (χ4v) is 4.41. The van der Waals surface area contributed by atoms with Crippen LogP contribution in [0.3, 0.4) is 0 Å². The van der Waals surface area contributed by atoms with Gasteiger partial charge in [-0.3, -0.25) is 4.79 Å². The zero-order valence-electron chi connectivity index (χ0n) is 12.1. The van der Waals surface area contributed by atoms with E-state index in [2.05, 4.69) is 15.6 Å². The summed E-state index contributed by atoms with van der Waals surface area (Å²) in [5.74, 6) is 0.399. The molecule has 110 valence electrons. The summed E-state index contributed by atoms with van der Waals surface area (Å²) in [4.78, 5) is 16.9. The normalized spacial score (nSPS) is 23.4. The maximum Gasteiger partial charge on any atom is 0.228 e. The van der Waals surface area contributed by atoms with Gasteiger partial charge in [-0.1, -0.05) is 0 Å². The summed E-state index contributed by atoms with van der Waals surface area (Å²) in [6.07, 6.45) is 3.33. The van der Waals surface area contributed by atoms with E-state index >= 15 is 0 Å². The van der Waals surface area contributed by atoms with Crippen molar-refractivity contribution in [2.45, 2.75) is 26.2 Å². The molecule has 2 N–H and O–H groups in total. The number of rotatable bonds is 2. The van der Waals surface area contributed by atoms with Gasteiger partial charge in [0.05, 0.1) is 15.2 Å². The van der Waals surface area contributed by atoms with Gasteiger partial charge < -0.3 is 10.6 Å². The predicted octanol–water partition coefficient (Wildman–Crippen LogP) is 2.93. The number of carbonyl (C=O) groups is 1. The van der Waals surface area contributed by atoms with Crippen molar-refractivity contribution < 1.29 is 4.79 Å². The molecule has 4 nitrogen and oxygen atoms in total. The molecule has 1 aliphatic carbocycles. The zero-order valence-corrected chi connectivity index (χ0v) is 12.9. The lowest BCUT2D eigenvalue weighted by atomic mass is 9.92. The minimum atomic E-state index is 0.192. The molecule has 1 saturated carbocycles. The van der Waals surface area contributed by atoms with Gasteiger partial charge >= 0.3 is 0 Å². The molecule has 1 aliphatic heterocycles. The first-order valence-electron chi connectivity index (χ1n) is 7.55. The molecule has 1 spiro atoms. The van der Waals surface area contributed by atoms with E-state index in [9.17, 15) is 4.79 Å². The molecule has 1 unspecified atom stereocenters. The van der Waals surface area contributed by atoms with Crippen LogP contribution in [0.5, 0.6) is 0 Å². The fourth-order valence-electron chi connectivity index (χ4n) is 3.54. The van der Waals surface area contributed by atoms with Crippen molar-refractivity contribution in [3.63, 3.8) is 0 Å². The lowest BCUT2D eigenvalue weighted by molar-refractivity contribution is -0.118. The van der Waals surface area contributed by atoms with E-state index in [1.807, 2.05) is 25.1 Å². The first-order chi connectivity index (χ1) is 10.2. The first kappa shape index (κ1) is 13.2. The average molecular weight is 301 g/mol. The Hall–Kier alpha value is -1.46. The van der Waals surface area contributed by atoms with Crippen LogP contribution in [-0.2, 0) is 4.79 Å². The van der Waals surface area contributed by atoms with Gasteiger partial charge in [-0.2, -0.15) is 0 Å². The average Bonchev–Trinajstić information content (AvgIpc) is 3.02. The van der Waals surface area contributed by atoms with Gasteiger partial charge in [-0.05, 0) is 62.9 Å². The van der Waals surface area contributed by atoms with E-state index in [-0.39, 0.29) is 11.8 Å². The molecule has 1 aromatic carbocycles. The molecule has 2 fully saturated rings. The molecule has 2 aromatic rings. The number of aryl methyl sites for hydroxylation is 1. The Morgan fingerprint density at radius 2 is 2.24 bits per heavy atom. The minimum Gasteiger partial charge on any atom is -0.326 e. The van der Waals surface area contributed by atoms with Crippen LogP contribution in [0.2, 0.25) is 0 Å². The number of nitrogens with zero attached hydrogens (tertiary/aromatic N) is 1. The van der Waals surface area contributed by atoms with Crippen molar-refractivity contribution in [2.24, 2.45) is 11.3 Å². The number of carbonyl (C=O) groups excluding carboxylic acids is 1. The number of piperidine rings is 1. The lowest BCUT2D eigenvalue weighted by Crippen LogP contribution is -2.31. The second kappa shape index (κ2) is 4.78. The van der Waals surface area contributed by atoms with Crippen LogP contribution in [0.4, 0.5) is 5.69 Å². The maximum absolute atomic E-state index is 12.4. The smallest absolute Gasteiger partial charge is 0.228 e. The van der Waals surface area contributed by atoms with E-state index in [1.165, 1.54) is 0 Å². The SMILES string of the molecule is Cc1nc2ccc(NC(=O)C3CC34CCNCC4)cc2s1. The number of hydrogen-bond donors (Lipinski definition) is 2. The van der Waals surface area contributed by atoms with Crippen molar-refractivity contribution in [1.82, 2.24) is 10.3 Å². The molecule has 5 heteroatoms. The van der Waals surface area contributed by atoms with E-state index in [0.717, 1.165) is 53.3 Å². The second-order valence-corrected chi connectivity index (χ2v) is 7.51. The van der Waals surface area contributed by atoms with Gasteiger partial charge in [0.2, 0.25) is 5.91 Å². The van der Waals surface area contributed by atoms with E-state index in [1.54, 1.807) is 11.3 Å². The zero-order chi connectivity index (χ0) is 14.4. The number of aromatic nitrogens is 1. The standard InChI is InChI=1S/C16H19N3OS/c1-10-18-13-3-2-11(8-14(13)21-10)19-15(20)12-9-16(12)4-6-17-7-5-16/h2-3,8,12,17H,4-7,9H2,1H3,(H,19,20). The molecule has 21 heavy (non-hydrogen) atoms. The highest BCUT2D eigenvalue weighted by atomic mass is 32.1. The number of hydrogen-bond acceptors (Lipinski definition) is 4. The second-order valence-electron chi connectivity index (χ2n) is 6.27. The summed E-state index contributed by atoms with van der Waals surface area (Å²) in [5.41, 5.74) is 2.20. The Morgan fingerprint density at radius 3 is 3.05 bits per heavy atom. The van der Waals surface area contributed by atoms with Gasteiger partial charge in [-0.25, -0.2) is 4.98 Å². The Labute approximate surface area is 128 Å². The molecule has 2 heterocycles. The minimum absolute atomic E-state index is 0.192. The van der Waals surface area contributed by atoms with Crippen LogP contribution < -0.4 is 10.6 Å². The largest absolute Gasteiger partial charge is 0.326 e. The molecule has 4 rings (SSSR count). The molecule has 1 atom stereocenters. The third-order valence-electron chi connectivity index (χ3n) is 4.87. The molecule has 1 aromatic heterocycles. The van der Waals surface area contributed by atoms with Crippen molar-refractivity contribution >= 4 is 33.1 Å². The number of benzene rings is 1. The van der Waals surface area contributed by atoms with Gasteiger partial charge in [0, 0.05) is 11.6 Å². The van der Waals surface area contributed by atoms with Crippen LogP contribution in [0, 0.1) is 18.3 Å². The summed E-state index contributed by atoms with van der Waals surface area (Å²) >= 11 is 1.67. The molecule has 2 aliphatic rings. The van der Waals surface area contributed by atoms with Gasteiger partial charge in [0.15, 0.2) is 0 Å². The highest BCUT2D eigenvalue weighted by Gasteiger charge is 2.57. The summed E-state index contributed by atoms with van der Waals surface area (Å²) < 4.78 is 1.14. The number of thiazole rings is 1. The monoisotopic (exact) mass is 301 g/mol. The Kier molecular flexibility index (Phi) is 3.01. The van der Waals surface area contributed by atoms with Gasteiger partial charge in [-0.15, -0.1) is 11.3 Å².